The van der Waals surface area contributed by atoms with Gasteiger partial charge in [0.1, 0.15) is 17.8 Å². The van der Waals surface area contributed by atoms with Crippen LogP contribution < -0.4 is 5.69 Å². The Morgan fingerprint density at radius 3 is 3.06 bits per heavy atom. The fourth-order valence-electron chi connectivity index (χ4n) is 2.07. The third-order valence-corrected chi connectivity index (χ3v) is 3.76. The second-order valence-electron chi connectivity index (χ2n) is 4.22. The number of thioether (sulfide) groups is 1. The van der Waals surface area contributed by atoms with Gasteiger partial charge in [-0.3, -0.25) is 4.57 Å². The van der Waals surface area contributed by atoms with E-state index < -0.39 is 0 Å². The smallest absolute Gasteiger partial charge is 0.350 e. The molecule has 1 saturated heterocycles. The van der Waals surface area contributed by atoms with Crippen LogP contribution in [0.4, 0.5) is 0 Å². The lowest BCUT2D eigenvalue weighted by molar-refractivity contribution is 0.00344. The summed E-state index contributed by atoms with van der Waals surface area (Å²) in [5.74, 6) is 0. The molecule has 0 amide bonds. The van der Waals surface area contributed by atoms with Crippen LogP contribution >= 0.6 is 11.8 Å². The average Bonchev–Trinajstić information content (AvgIpc) is 2.80. The Morgan fingerprint density at radius 1 is 1.61 bits per heavy atom. The van der Waals surface area contributed by atoms with Crippen LogP contribution in [0.3, 0.4) is 0 Å². The second-order valence-corrected chi connectivity index (χ2v) is 5.02. The highest BCUT2D eigenvalue weighted by atomic mass is 32.2. The molecule has 0 N–H and O–H groups in total. The van der Waals surface area contributed by atoms with E-state index in [2.05, 4.69) is 10.2 Å². The van der Waals surface area contributed by atoms with Crippen molar-refractivity contribution in [1.82, 2.24) is 9.55 Å². The molecule has 1 fully saturated rings. The maximum Gasteiger partial charge on any atom is 0.350 e. The SMILES string of the molecule is CSc1nc(=O)n(C2CCC(CN=O)O2)cc1C. The van der Waals surface area contributed by atoms with Crippen LogP contribution in [0.5, 0.6) is 0 Å². The van der Waals surface area contributed by atoms with Crippen LogP contribution in [0.1, 0.15) is 24.6 Å². The first kappa shape index (κ1) is 13.2. The predicted octanol–water partition coefficient (Wildman–Crippen LogP) is 1.72. The van der Waals surface area contributed by atoms with Gasteiger partial charge >= 0.3 is 5.69 Å². The van der Waals surface area contributed by atoms with Crippen LogP contribution in [0.15, 0.2) is 21.2 Å². The van der Waals surface area contributed by atoms with Gasteiger partial charge in [0.15, 0.2) is 0 Å². The Balaban J connectivity index is 2.22. The van der Waals surface area contributed by atoms with E-state index in [0.717, 1.165) is 17.0 Å². The number of nitroso groups, excluding NO2 is 1. The van der Waals surface area contributed by atoms with E-state index >= 15 is 0 Å². The van der Waals surface area contributed by atoms with Crippen molar-refractivity contribution in [2.45, 2.75) is 37.1 Å². The van der Waals surface area contributed by atoms with E-state index in [-0.39, 0.29) is 24.6 Å². The molecule has 1 aliphatic rings. The summed E-state index contributed by atoms with van der Waals surface area (Å²) in [6.45, 7) is 2.05. The van der Waals surface area contributed by atoms with Crippen LogP contribution in [0.2, 0.25) is 0 Å². The van der Waals surface area contributed by atoms with Crippen molar-refractivity contribution in [3.05, 3.63) is 27.2 Å². The van der Waals surface area contributed by atoms with Crippen molar-refractivity contribution in [2.75, 3.05) is 12.8 Å². The maximum absolute atomic E-state index is 11.9. The second kappa shape index (κ2) is 5.62. The highest BCUT2D eigenvalue weighted by Gasteiger charge is 2.27. The molecular formula is C11H15N3O3S. The quantitative estimate of drug-likeness (QED) is 0.472. The maximum atomic E-state index is 11.9. The highest BCUT2D eigenvalue weighted by Crippen LogP contribution is 2.28. The topological polar surface area (TPSA) is 73.5 Å². The summed E-state index contributed by atoms with van der Waals surface area (Å²) in [6.07, 6.45) is 4.59. The van der Waals surface area contributed by atoms with Crippen LogP contribution in [-0.4, -0.2) is 28.5 Å². The van der Waals surface area contributed by atoms with Crippen molar-refractivity contribution in [3.63, 3.8) is 0 Å². The summed E-state index contributed by atoms with van der Waals surface area (Å²) < 4.78 is 7.12. The summed E-state index contributed by atoms with van der Waals surface area (Å²) in [5, 5.41) is 3.57. The molecule has 6 nitrogen and oxygen atoms in total. The van der Waals surface area contributed by atoms with Crippen LogP contribution in [0, 0.1) is 11.8 Å². The van der Waals surface area contributed by atoms with E-state index in [1.165, 1.54) is 16.3 Å². The molecular weight excluding hydrogens is 254 g/mol. The first-order valence-corrected chi connectivity index (χ1v) is 6.96. The summed E-state index contributed by atoms with van der Waals surface area (Å²) in [5.41, 5.74) is 0.636. The Labute approximate surface area is 109 Å². The van der Waals surface area contributed by atoms with Gasteiger partial charge in [-0.05, 0) is 31.6 Å². The molecule has 0 radical (unpaired) electrons. The highest BCUT2D eigenvalue weighted by molar-refractivity contribution is 7.98. The zero-order valence-electron chi connectivity index (χ0n) is 10.3. The molecule has 2 heterocycles. The molecule has 2 unspecified atom stereocenters. The van der Waals surface area contributed by atoms with Crippen molar-refractivity contribution in [3.8, 4) is 0 Å². The third-order valence-electron chi connectivity index (χ3n) is 2.96. The van der Waals surface area contributed by atoms with Gasteiger partial charge in [-0.1, -0.05) is 5.18 Å². The molecule has 2 atom stereocenters. The fourth-order valence-corrected chi connectivity index (χ4v) is 2.62. The molecule has 18 heavy (non-hydrogen) atoms. The fraction of sp³-hybridized carbons (Fsp3) is 0.636. The molecule has 0 saturated carbocycles. The van der Waals surface area contributed by atoms with E-state index in [1.54, 1.807) is 6.20 Å². The molecule has 0 spiro atoms. The number of rotatable bonds is 4. The minimum Gasteiger partial charge on any atom is -0.353 e. The monoisotopic (exact) mass is 269 g/mol. The number of aryl methyl sites for hydroxylation is 1. The molecule has 0 aliphatic carbocycles. The molecule has 1 aromatic rings. The van der Waals surface area contributed by atoms with Gasteiger partial charge < -0.3 is 4.74 Å². The van der Waals surface area contributed by atoms with Gasteiger partial charge in [0.2, 0.25) is 0 Å². The molecule has 7 heteroatoms. The van der Waals surface area contributed by atoms with E-state index in [9.17, 15) is 9.70 Å². The van der Waals surface area contributed by atoms with Crippen LogP contribution in [0.25, 0.3) is 0 Å². The summed E-state index contributed by atoms with van der Waals surface area (Å²) in [6, 6.07) is 0. The first-order chi connectivity index (χ1) is 8.65. The minimum absolute atomic E-state index is 0.139. The van der Waals surface area contributed by atoms with Gasteiger partial charge in [-0.2, -0.15) is 9.89 Å². The molecule has 98 valence electrons. The predicted molar refractivity (Wildman–Crippen MR) is 68.8 cm³/mol. The van der Waals surface area contributed by atoms with Gasteiger partial charge in [0.25, 0.3) is 0 Å². The van der Waals surface area contributed by atoms with Gasteiger partial charge in [-0.25, -0.2) is 4.79 Å². The molecule has 0 aromatic carbocycles. The Morgan fingerprint density at radius 2 is 2.39 bits per heavy atom. The lowest BCUT2D eigenvalue weighted by Gasteiger charge is -2.15. The molecule has 0 bridgehead atoms. The average molecular weight is 269 g/mol. The molecule has 1 aliphatic heterocycles. The van der Waals surface area contributed by atoms with Crippen molar-refractivity contribution in [2.24, 2.45) is 5.18 Å². The van der Waals surface area contributed by atoms with Crippen molar-refractivity contribution in [1.29, 1.82) is 0 Å². The third kappa shape index (κ3) is 2.62. The van der Waals surface area contributed by atoms with E-state index in [1.807, 2.05) is 13.2 Å². The van der Waals surface area contributed by atoms with Gasteiger partial charge in [0, 0.05) is 6.20 Å². The number of hydrogen-bond donors (Lipinski definition) is 0. The number of hydrogen-bond acceptors (Lipinski definition) is 6. The van der Waals surface area contributed by atoms with Crippen LogP contribution in [-0.2, 0) is 4.74 Å². The lowest BCUT2D eigenvalue weighted by Crippen LogP contribution is -2.28. The Hall–Kier alpha value is -1.21. The largest absolute Gasteiger partial charge is 0.353 e. The lowest BCUT2D eigenvalue weighted by atomic mass is 10.2. The Bertz CT molecular complexity index is 503. The molecule has 1 aromatic heterocycles. The standard InChI is InChI=1S/C11H15N3O3S/c1-7-6-14(11(15)13-10(7)18-2)9-4-3-8(17-9)5-12-16/h6,8-9H,3-5H2,1-2H3. The van der Waals surface area contributed by atoms with Gasteiger partial charge in [-0.15, -0.1) is 11.8 Å². The Kier molecular flexibility index (Phi) is 4.13. The summed E-state index contributed by atoms with van der Waals surface area (Å²) in [7, 11) is 0. The number of ether oxygens (including phenoxy) is 1. The van der Waals surface area contributed by atoms with E-state index in [0.29, 0.717) is 6.42 Å². The first-order valence-electron chi connectivity index (χ1n) is 5.74. The number of nitrogens with zero attached hydrogens (tertiary/aromatic N) is 3. The summed E-state index contributed by atoms with van der Waals surface area (Å²) >= 11 is 1.45. The molecule has 2 rings (SSSR count). The van der Waals surface area contributed by atoms with Crippen molar-refractivity contribution >= 4 is 11.8 Å². The number of aromatic nitrogens is 2. The zero-order valence-corrected chi connectivity index (χ0v) is 11.1. The van der Waals surface area contributed by atoms with E-state index in [4.69, 9.17) is 4.74 Å². The normalized spacial score (nSPS) is 23.2. The van der Waals surface area contributed by atoms with Crippen molar-refractivity contribution < 1.29 is 4.74 Å². The van der Waals surface area contributed by atoms with Gasteiger partial charge in [0.05, 0.1) is 6.10 Å². The minimum atomic E-state index is -0.327. The summed E-state index contributed by atoms with van der Waals surface area (Å²) in [4.78, 5) is 26.1. The zero-order chi connectivity index (χ0) is 13.1.